The third-order valence-electron chi connectivity index (χ3n) is 9.56. The molecule has 1 amide bonds. The van der Waals surface area contributed by atoms with E-state index >= 15 is 4.39 Å². The first-order valence-electron chi connectivity index (χ1n) is 15.5. The van der Waals surface area contributed by atoms with Crippen LogP contribution in [-0.2, 0) is 22.2 Å². The van der Waals surface area contributed by atoms with Gasteiger partial charge in [0.15, 0.2) is 8.32 Å². The van der Waals surface area contributed by atoms with Gasteiger partial charge in [-0.15, -0.1) is 0 Å². The van der Waals surface area contributed by atoms with Crippen LogP contribution in [0.2, 0.25) is 23.2 Å². The number of para-hydroxylation sites is 1. The monoisotopic (exact) mass is 654 g/mol. The first kappa shape index (κ1) is 33.3. The maximum Gasteiger partial charge on any atom is 0.227 e. The average Bonchev–Trinajstić information content (AvgIpc) is 2.99. The van der Waals surface area contributed by atoms with Crippen LogP contribution < -0.4 is 19.3 Å². The summed E-state index contributed by atoms with van der Waals surface area (Å²) in [6.45, 7) is 12.1. The van der Waals surface area contributed by atoms with Gasteiger partial charge in [0.2, 0.25) is 5.91 Å². The van der Waals surface area contributed by atoms with E-state index in [0.717, 1.165) is 11.3 Å². The normalized spacial score (nSPS) is 20.6. The van der Waals surface area contributed by atoms with Crippen LogP contribution in [0.1, 0.15) is 44.7 Å². The molecule has 0 aliphatic carbocycles. The van der Waals surface area contributed by atoms with E-state index in [1.807, 2.05) is 48.5 Å². The zero-order valence-electron chi connectivity index (χ0n) is 27.0. The Hall–Kier alpha value is -3.11. The zero-order chi connectivity index (χ0) is 32.6. The van der Waals surface area contributed by atoms with Gasteiger partial charge in [0.05, 0.1) is 36.2 Å². The van der Waals surface area contributed by atoms with E-state index in [1.54, 1.807) is 13.2 Å². The molecule has 45 heavy (non-hydrogen) atoms. The number of aliphatic hydroxyl groups is 1. The number of carbonyl (C=O) groups excluding carboxylic acids is 1. The summed E-state index contributed by atoms with van der Waals surface area (Å²) in [6, 6.07) is 18.0. The summed E-state index contributed by atoms with van der Waals surface area (Å²) in [7, 11) is -0.707. The van der Waals surface area contributed by atoms with Gasteiger partial charge in [-0.1, -0.05) is 56.6 Å². The van der Waals surface area contributed by atoms with Crippen LogP contribution in [0.4, 0.5) is 15.8 Å². The van der Waals surface area contributed by atoms with Crippen molar-refractivity contribution in [3.63, 3.8) is 0 Å². The van der Waals surface area contributed by atoms with Crippen molar-refractivity contribution in [1.29, 1.82) is 0 Å². The molecular weight excluding hydrogens is 611 g/mol. The number of methoxy groups -OCH3 is 1. The number of amides is 1. The fourth-order valence-corrected chi connectivity index (χ4v) is 7.37. The van der Waals surface area contributed by atoms with Crippen molar-refractivity contribution in [3.8, 4) is 11.5 Å². The van der Waals surface area contributed by atoms with E-state index in [4.69, 9.17) is 25.5 Å². The highest BCUT2D eigenvalue weighted by molar-refractivity contribution is 6.74. The molecule has 0 bridgehead atoms. The molecule has 2 aliphatic rings. The van der Waals surface area contributed by atoms with Gasteiger partial charge in [0, 0.05) is 25.1 Å². The SMILES string of the molecule is COc1ccc(CN2C(=O)CCc3c(OC[C@]4(O)CCN(c5ccccc5Cl)C[C@H]4O[Si](C)(C)C(C)(C)C)ccc(F)c32)cc1. The van der Waals surface area contributed by atoms with E-state index in [0.29, 0.717) is 48.0 Å². The largest absolute Gasteiger partial charge is 0.497 e. The molecule has 1 N–H and O–H groups in total. The van der Waals surface area contributed by atoms with Crippen molar-refractivity contribution in [2.24, 2.45) is 0 Å². The number of fused-ring (bicyclic) bond motifs is 1. The molecule has 0 saturated carbocycles. The lowest BCUT2D eigenvalue weighted by atomic mass is 9.89. The number of benzene rings is 3. The molecule has 2 heterocycles. The van der Waals surface area contributed by atoms with Crippen LogP contribution in [0, 0.1) is 5.82 Å². The number of hydrogen-bond donors (Lipinski definition) is 1. The van der Waals surface area contributed by atoms with Crippen molar-refractivity contribution < 1.29 is 28.2 Å². The van der Waals surface area contributed by atoms with Crippen molar-refractivity contribution in [2.75, 3.05) is 36.6 Å². The number of nitrogens with zero attached hydrogens (tertiary/aromatic N) is 2. The third-order valence-corrected chi connectivity index (χ3v) is 14.4. The van der Waals surface area contributed by atoms with Gasteiger partial charge in [-0.25, -0.2) is 4.39 Å². The highest BCUT2D eigenvalue weighted by Gasteiger charge is 2.49. The smallest absolute Gasteiger partial charge is 0.227 e. The minimum Gasteiger partial charge on any atom is -0.497 e. The maximum absolute atomic E-state index is 15.4. The van der Waals surface area contributed by atoms with Crippen molar-refractivity contribution in [3.05, 3.63) is 82.6 Å². The van der Waals surface area contributed by atoms with Gasteiger partial charge in [-0.05, 0) is 72.9 Å². The fourth-order valence-electron chi connectivity index (χ4n) is 5.76. The number of ether oxygens (including phenoxy) is 2. The molecule has 0 aromatic heterocycles. The molecule has 0 radical (unpaired) electrons. The van der Waals surface area contributed by atoms with Gasteiger partial charge >= 0.3 is 0 Å². The second-order valence-corrected chi connectivity index (χ2v) is 18.8. The Morgan fingerprint density at radius 1 is 1.07 bits per heavy atom. The lowest BCUT2D eigenvalue weighted by Gasteiger charge is -2.49. The number of piperidine rings is 1. The molecule has 1 fully saturated rings. The van der Waals surface area contributed by atoms with Crippen LogP contribution in [0.15, 0.2) is 60.7 Å². The molecular formula is C35H44ClFN2O5Si. The van der Waals surface area contributed by atoms with E-state index in [1.165, 1.54) is 11.0 Å². The van der Waals surface area contributed by atoms with Gasteiger partial charge in [0.25, 0.3) is 0 Å². The Kier molecular flexibility index (Phi) is 9.57. The van der Waals surface area contributed by atoms with Crippen molar-refractivity contribution in [2.45, 2.75) is 76.4 Å². The Morgan fingerprint density at radius 2 is 1.78 bits per heavy atom. The molecule has 2 aliphatic heterocycles. The summed E-state index contributed by atoms with van der Waals surface area (Å²) >= 11 is 6.56. The predicted molar refractivity (Wildman–Crippen MR) is 180 cm³/mol. The van der Waals surface area contributed by atoms with Crippen LogP contribution >= 0.6 is 11.6 Å². The second-order valence-electron chi connectivity index (χ2n) is 13.6. The summed E-state index contributed by atoms with van der Waals surface area (Å²) < 4.78 is 33.9. The molecule has 242 valence electrons. The summed E-state index contributed by atoms with van der Waals surface area (Å²) in [5.41, 5.74) is 1.31. The number of anilines is 2. The summed E-state index contributed by atoms with van der Waals surface area (Å²) in [5, 5.41) is 12.8. The fraction of sp³-hybridized carbons (Fsp3) is 0.457. The zero-order valence-corrected chi connectivity index (χ0v) is 28.8. The molecule has 3 aromatic rings. The maximum atomic E-state index is 15.4. The number of carbonyl (C=O) groups is 1. The van der Waals surface area contributed by atoms with E-state index in [-0.39, 0.29) is 36.2 Å². The first-order chi connectivity index (χ1) is 21.2. The lowest BCUT2D eigenvalue weighted by molar-refractivity contribution is -0.119. The molecule has 2 atom stereocenters. The quantitative estimate of drug-likeness (QED) is 0.243. The molecule has 0 unspecified atom stereocenters. The highest BCUT2D eigenvalue weighted by Crippen LogP contribution is 2.42. The second kappa shape index (κ2) is 12.9. The van der Waals surface area contributed by atoms with Crippen LogP contribution in [-0.4, -0.2) is 57.8 Å². The van der Waals surface area contributed by atoms with Crippen LogP contribution in [0.3, 0.4) is 0 Å². The van der Waals surface area contributed by atoms with Gasteiger partial charge in [-0.3, -0.25) is 4.79 Å². The molecule has 10 heteroatoms. The molecule has 1 saturated heterocycles. The number of rotatable bonds is 9. The van der Waals surface area contributed by atoms with Gasteiger partial charge in [-0.2, -0.15) is 0 Å². The Bertz CT molecular complexity index is 1530. The minimum atomic E-state index is -2.30. The van der Waals surface area contributed by atoms with Gasteiger partial charge < -0.3 is 28.8 Å². The number of halogens is 2. The topological polar surface area (TPSA) is 71.5 Å². The Labute approximate surface area is 272 Å². The van der Waals surface area contributed by atoms with Crippen LogP contribution in [0.25, 0.3) is 0 Å². The summed E-state index contributed by atoms with van der Waals surface area (Å²) in [4.78, 5) is 16.7. The predicted octanol–water partition coefficient (Wildman–Crippen LogP) is 7.38. The Morgan fingerprint density at radius 3 is 2.44 bits per heavy atom. The average molecular weight is 655 g/mol. The van der Waals surface area contributed by atoms with E-state index in [2.05, 4.69) is 38.8 Å². The highest BCUT2D eigenvalue weighted by atomic mass is 35.5. The first-order valence-corrected chi connectivity index (χ1v) is 18.8. The lowest BCUT2D eigenvalue weighted by Crippen LogP contribution is -2.63. The molecule has 5 rings (SSSR count). The van der Waals surface area contributed by atoms with E-state index in [9.17, 15) is 9.90 Å². The summed E-state index contributed by atoms with van der Waals surface area (Å²) in [6.07, 6.45) is 0.427. The minimum absolute atomic E-state index is 0.0346. The van der Waals surface area contributed by atoms with Crippen molar-refractivity contribution >= 4 is 37.2 Å². The Balaban J connectivity index is 1.41. The third kappa shape index (κ3) is 7.01. The number of hydrogen-bond acceptors (Lipinski definition) is 6. The standard InChI is InChI=1S/C35H44ClFN2O5Si/c1-34(2,3)45(5,6)44-31-22-38(29-10-8-7-9-27(29)36)20-19-35(31,41)23-43-30-17-16-28(37)33-26(30)15-18-32(40)39(33)21-24-11-13-25(42-4)14-12-24/h7-14,16-17,31,41H,15,18-23H2,1-6H3/t31-,35-/m1/s1. The molecule has 7 nitrogen and oxygen atoms in total. The van der Waals surface area contributed by atoms with Crippen LogP contribution in [0.5, 0.6) is 11.5 Å². The molecule has 3 aromatic carbocycles. The summed E-state index contributed by atoms with van der Waals surface area (Å²) in [5.74, 6) is 0.539. The van der Waals surface area contributed by atoms with Gasteiger partial charge in [0.1, 0.15) is 29.5 Å². The van der Waals surface area contributed by atoms with E-state index < -0.39 is 25.8 Å². The molecule has 0 spiro atoms. The van der Waals surface area contributed by atoms with Crippen molar-refractivity contribution in [1.82, 2.24) is 0 Å².